The van der Waals surface area contributed by atoms with Crippen molar-refractivity contribution in [2.24, 2.45) is 0 Å². The molecule has 0 aromatic carbocycles. The van der Waals surface area contributed by atoms with Crippen molar-refractivity contribution in [1.82, 2.24) is 9.47 Å². The molecular formula is C22H34N2O3S. The molecule has 3 rings (SSSR count). The van der Waals surface area contributed by atoms with E-state index >= 15 is 0 Å². The molecule has 1 saturated heterocycles. The van der Waals surface area contributed by atoms with Gasteiger partial charge in [0.05, 0.1) is 11.5 Å². The van der Waals surface area contributed by atoms with Crippen molar-refractivity contribution in [2.45, 2.75) is 77.8 Å². The molecule has 28 heavy (non-hydrogen) atoms. The van der Waals surface area contributed by atoms with Crippen LogP contribution in [0.4, 0.5) is 0 Å². The summed E-state index contributed by atoms with van der Waals surface area (Å²) in [7, 11) is -3.00. The van der Waals surface area contributed by atoms with E-state index in [0.29, 0.717) is 19.0 Å². The quantitative estimate of drug-likeness (QED) is 0.670. The van der Waals surface area contributed by atoms with Gasteiger partial charge in [-0.15, -0.1) is 0 Å². The minimum atomic E-state index is -3.00. The Morgan fingerprint density at radius 2 is 1.93 bits per heavy atom. The van der Waals surface area contributed by atoms with Crippen LogP contribution in [0.1, 0.15) is 74.9 Å². The zero-order chi connectivity index (χ0) is 20.3. The van der Waals surface area contributed by atoms with E-state index in [1.807, 2.05) is 13.0 Å². The summed E-state index contributed by atoms with van der Waals surface area (Å²) in [4.78, 5) is 14.6. The Hall–Kier alpha value is -1.56. The van der Waals surface area contributed by atoms with Crippen molar-refractivity contribution >= 4 is 21.8 Å². The molecule has 6 heteroatoms. The van der Waals surface area contributed by atoms with Gasteiger partial charge in [-0.05, 0) is 57.2 Å². The van der Waals surface area contributed by atoms with Crippen LogP contribution in [0.15, 0.2) is 12.1 Å². The van der Waals surface area contributed by atoms with Crippen LogP contribution in [-0.2, 0) is 14.6 Å². The molecule has 1 atom stereocenters. The van der Waals surface area contributed by atoms with Gasteiger partial charge in [0.25, 0.3) is 0 Å². The lowest BCUT2D eigenvalue weighted by Gasteiger charge is -2.27. The predicted molar refractivity (Wildman–Crippen MR) is 114 cm³/mol. The Morgan fingerprint density at radius 1 is 1.21 bits per heavy atom. The lowest BCUT2D eigenvalue weighted by Crippen LogP contribution is -2.40. The molecule has 1 unspecified atom stereocenters. The number of carbonyl (C=O) groups is 1. The van der Waals surface area contributed by atoms with Gasteiger partial charge in [0, 0.05) is 36.1 Å². The molecule has 2 heterocycles. The van der Waals surface area contributed by atoms with Crippen LogP contribution < -0.4 is 0 Å². The molecule has 1 amide bonds. The van der Waals surface area contributed by atoms with Gasteiger partial charge in [-0.3, -0.25) is 4.79 Å². The Morgan fingerprint density at radius 3 is 2.54 bits per heavy atom. The summed E-state index contributed by atoms with van der Waals surface area (Å²) < 4.78 is 26.1. The average molecular weight is 407 g/mol. The number of nitrogens with zero attached hydrogens (tertiary/aromatic N) is 2. The molecule has 1 aromatic heterocycles. The first-order valence-electron chi connectivity index (χ1n) is 10.7. The summed E-state index contributed by atoms with van der Waals surface area (Å²) in [6, 6.07) is 2.56. The van der Waals surface area contributed by atoms with E-state index in [0.717, 1.165) is 12.0 Å². The van der Waals surface area contributed by atoms with Crippen molar-refractivity contribution in [1.29, 1.82) is 0 Å². The average Bonchev–Trinajstić information content (AvgIpc) is 3.16. The molecule has 0 N–H and O–H groups in total. The Balaban J connectivity index is 1.75. The van der Waals surface area contributed by atoms with Crippen LogP contribution in [0.5, 0.6) is 0 Å². The number of aromatic nitrogens is 1. The van der Waals surface area contributed by atoms with E-state index < -0.39 is 9.84 Å². The number of sulfone groups is 1. The minimum absolute atomic E-state index is 0.0774. The third-order valence-corrected chi connectivity index (χ3v) is 8.02. The van der Waals surface area contributed by atoms with E-state index in [1.165, 1.54) is 43.5 Å². The van der Waals surface area contributed by atoms with Crippen LogP contribution in [0.25, 0.3) is 6.08 Å². The molecule has 0 spiro atoms. The molecule has 2 aliphatic rings. The molecule has 1 aliphatic carbocycles. The van der Waals surface area contributed by atoms with Crippen molar-refractivity contribution in [2.75, 3.05) is 18.1 Å². The second-order valence-corrected chi connectivity index (χ2v) is 10.6. The van der Waals surface area contributed by atoms with Crippen LogP contribution in [0.3, 0.4) is 0 Å². The van der Waals surface area contributed by atoms with Gasteiger partial charge >= 0.3 is 0 Å². The molecule has 1 aromatic rings. The van der Waals surface area contributed by atoms with Gasteiger partial charge in [-0.1, -0.05) is 26.2 Å². The molecule has 2 fully saturated rings. The van der Waals surface area contributed by atoms with E-state index in [9.17, 15) is 13.2 Å². The van der Waals surface area contributed by atoms with Crippen molar-refractivity contribution in [3.8, 4) is 0 Å². The molecule has 1 aliphatic heterocycles. The van der Waals surface area contributed by atoms with Crippen molar-refractivity contribution in [3.05, 3.63) is 29.1 Å². The highest BCUT2D eigenvalue weighted by molar-refractivity contribution is 7.91. The first kappa shape index (κ1) is 21.2. The lowest BCUT2D eigenvalue weighted by atomic mass is 9.95. The third-order valence-electron chi connectivity index (χ3n) is 6.27. The number of aryl methyl sites for hydroxylation is 1. The summed E-state index contributed by atoms with van der Waals surface area (Å²) in [6.07, 6.45) is 11.3. The SMILES string of the molecule is CCCN(C(=O)/C=C/c1cc(C)n(C2CCCCC2)c1C)C1CCS(=O)(=O)C1. The van der Waals surface area contributed by atoms with Gasteiger partial charge in [0.2, 0.25) is 5.91 Å². The summed E-state index contributed by atoms with van der Waals surface area (Å²) >= 11 is 0. The van der Waals surface area contributed by atoms with Gasteiger partial charge in [-0.2, -0.15) is 0 Å². The van der Waals surface area contributed by atoms with E-state index in [-0.39, 0.29) is 23.5 Å². The lowest BCUT2D eigenvalue weighted by molar-refractivity contribution is -0.127. The second kappa shape index (κ2) is 8.85. The zero-order valence-corrected chi connectivity index (χ0v) is 18.3. The highest BCUT2D eigenvalue weighted by Gasteiger charge is 2.33. The molecule has 5 nitrogen and oxygen atoms in total. The molecule has 0 radical (unpaired) electrons. The van der Waals surface area contributed by atoms with Crippen molar-refractivity contribution < 1.29 is 13.2 Å². The summed E-state index contributed by atoms with van der Waals surface area (Å²) in [5, 5.41) is 0. The Labute approximate surface area is 169 Å². The topological polar surface area (TPSA) is 59.4 Å². The molecule has 1 saturated carbocycles. The number of carbonyl (C=O) groups excluding carboxylic acids is 1. The van der Waals surface area contributed by atoms with Crippen LogP contribution in [0, 0.1) is 13.8 Å². The number of hydrogen-bond acceptors (Lipinski definition) is 3. The maximum absolute atomic E-state index is 12.8. The largest absolute Gasteiger partial charge is 0.346 e. The standard InChI is InChI=1S/C22H34N2O3S/c1-4-13-23(21-12-14-28(26,27)16-21)22(25)11-10-19-15-17(2)24(18(19)3)20-8-6-5-7-9-20/h10-11,15,20-21H,4-9,12-14,16H2,1-3H3/b11-10+. The fourth-order valence-electron chi connectivity index (χ4n) is 4.86. The predicted octanol–water partition coefficient (Wildman–Crippen LogP) is 4.05. The zero-order valence-electron chi connectivity index (χ0n) is 17.5. The highest BCUT2D eigenvalue weighted by Crippen LogP contribution is 2.32. The summed E-state index contributed by atoms with van der Waals surface area (Å²) in [6.45, 7) is 6.91. The summed E-state index contributed by atoms with van der Waals surface area (Å²) in [5.41, 5.74) is 3.56. The van der Waals surface area contributed by atoms with Crippen LogP contribution in [0.2, 0.25) is 0 Å². The first-order valence-corrected chi connectivity index (χ1v) is 12.5. The maximum atomic E-state index is 12.8. The van der Waals surface area contributed by atoms with Crippen molar-refractivity contribution in [3.63, 3.8) is 0 Å². The monoisotopic (exact) mass is 406 g/mol. The second-order valence-electron chi connectivity index (χ2n) is 8.41. The Bertz CT molecular complexity index is 832. The van der Waals surface area contributed by atoms with E-state index in [1.54, 1.807) is 11.0 Å². The fraction of sp³-hybridized carbons (Fsp3) is 0.682. The van der Waals surface area contributed by atoms with E-state index in [2.05, 4.69) is 24.5 Å². The van der Waals surface area contributed by atoms with E-state index in [4.69, 9.17) is 0 Å². The van der Waals surface area contributed by atoms with Gasteiger partial charge < -0.3 is 9.47 Å². The normalized spacial score (nSPS) is 22.8. The minimum Gasteiger partial charge on any atom is -0.346 e. The van der Waals surface area contributed by atoms with Gasteiger partial charge in [-0.25, -0.2) is 8.42 Å². The third kappa shape index (κ3) is 4.70. The molecule has 156 valence electrons. The summed E-state index contributed by atoms with van der Waals surface area (Å²) in [5.74, 6) is 0.214. The number of amides is 1. The smallest absolute Gasteiger partial charge is 0.246 e. The fourth-order valence-corrected chi connectivity index (χ4v) is 6.59. The maximum Gasteiger partial charge on any atom is 0.246 e. The molecular weight excluding hydrogens is 372 g/mol. The number of hydrogen-bond donors (Lipinski definition) is 0. The van der Waals surface area contributed by atoms with Gasteiger partial charge in [0.1, 0.15) is 0 Å². The number of rotatable bonds is 6. The first-order chi connectivity index (χ1) is 13.3. The van der Waals surface area contributed by atoms with Crippen LogP contribution in [-0.4, -0.2) is 47.9 Å². The van der Waals surface area contributed by atoms with Crippen LogP contribution >= 0.6 is 0 Å². The Kier molecular flexibility index (Phi) is 6.69. The molecule has 0 bridgehead atoms. The highest BCUT2D eigenvalue weighted by atomic mass is 32.2. The van der Waals surface area contributed by atoms with Gasteiger partial charge in [0.15, 0.2) is 9.84 Å².